The quantitative estimate of drug-likeness (QED) is 0.360. The van der Waals surface area contributed by atoms with Crippen LogP contribution in [0.25, 0.3) is 0 Å². The van der Waals surface area contributed by atoms with Gasteiger partial charge < -0.3 is 10.6 Å². The fourth-order valence-electron chi connectivity index (χ4n) is 1.87. The number of nitrogens with zero attached hydrogens (tertiary/aromatic N) is 1. The standard InChI is InChI=1S/C10H22N4O2S.HI/c1-2-12-10(13-7-8-17(11,15)16)14-9-5-3-4-6-9;/h9H,2-8H2,1H3,(H2,11,15,16)(H2,12,13,14);1H. The summed E-state index contributed by atoms with van der Waals surface area (Å²) in [6, 6.07) is 0.460. The summed E-state index contributed by atoms with van der Waals surface area (Å²) in [5.41, 5.74) is 0. The molecule has 1 aliphatic rings. The number of aliphatic imine (C=N–C) groups is 1. The lowest BCUT2D eigenvalue weighted by Crippen LogP contribution is -2.42. The molecule has 0 unspecified atom stereocenters. The maximum absolute atomic E-state index is 10.8. The average molecular weight is 390 g/mol. The zero-order chi connectivity index (χ0) is 12.7. The highest BCUT2D eigenvalue weighted by molar-refractivity contribution is 14.0. The molecule has 4 N–H and O–H groups in total. The molecule has 0 atom stereocenters. The Morgan fingerprint density at radius 1 is 1.39 bits per heavy atom. The van der Waals surface area contributed by atoms with Crippen LogP contribution < -0.4 is 15.8 Å². The van der Waals surface area contributed by atoms with Gasteiger partial charge in [0.25, 0.3) is 0 Å². The predicted molar refractivity (Wildman–Crippen MR) is 84.8 cm³/mol. The van der Waals surface area contributed by atoms with Crippen LogP contribution in [0.5, 0.6) is 0 Å². The molecule has 6 nitrogen and oxygen atoms in total. The van der Waals surface area contributed by atoms with Crippen LogP contribution in [0.2, 0.25) is 0 Å². The first-order valence-corrected chi connectivity index (χ1v) is 7.78. The molecule has 1 rings (SSSR count). The van der Waals surface area contributed by atoms with Gasteiger partial charge in [-0.25, -0.2) is 13.6 Å². The van der Waals surface area contributed by atoms with Crippen molar-refractivity contribution in [1.29, 1.82) is 0 Å². The summed E-state index contributed by atoms with van der Waals surface area (Å²) >= 11 is 0. The van der Waals surface area contributed by atoms with Crippen molar-refractivity contribution in [2.24, 2.45) is 10.1 Å². The molecule has 0 saturated heterocycles. The zero-order valence-electron chi connectivity index (χ0n) is 10.7. The van der Waals surface area contributed by atoms with Crippen LogP contribution in [0.4, 0.5) is 0 Å². The third-order valence-electron chi connectivity index (χ3n) is 2.69. The highest BCUT2D eigenvalue weighted by atomic mass is 127. The van der Waals surface area contributed by atoms with E-state index >= 15 is 0 Å². The van der Waals surface area contributed by atoms with E-state index in [4.69, 9.17) is 5.14 Å². The largest absolute Gasteiger partial charge is 0.357 e. The highest BCUT2D eigenvalue weighted by Crippen LogP contribution is 2.17. The molecule has 0 spiro atoms. The molecule has 108 valence electrons. The summed E-state index contributed by atoms with van der Waals surface area (Å²) in [5, 5.41) is 11.3. The molecule has 1 aliphatic carbocycles. The number of nitrogens with one attached hydrogen (secondary N) is 2. The van der Waals surface area contributed by atoms with Crippen molar-refractivity contribution in [2.75, 3.05) is 18.8 Å². The number of guanidine groups is 1. The van der Waals surface area contributed by atoms with Gasteiger partial charge in [0.1, 0.15) is 0 Å². The second-order valence-electron chi connectivity index (χ2n) is 4.25. The molecular formula is C10H23IN4O2S. The van der Waals surface area contributed by atoms with Crippen molar-refractivity contribution < 1.29 is 8.42 Å². The average Bonchev–Trinajstić information content (AvgIpc) is 2.68. The molecule has 0 aromatic rings. The molecule has 0 amide bonds. The second kappa shape index (κ2) is 8.92. The minimum atomic E-state index is -3.42. The SMILES string of the molecule is CCNC(=NCCS(N)(=O)=O)NC1CCCC1.I. The minimum absolute atomic E-state index is 0. The Morgan fingerprint density at radius 2 is 2.00 bits per heavy atom. The summed E-state index contributed by atoms with van der Waals surface area (Å²) in [6.45, 7) is 2.93. The van der Waals surface area contributed by atoms with Crippen LogP contribution in [0.3, 0.4) is 0 Å². The Balaban J connectivity index is 0.00000289. The van der Waals surface area contributed by atoms with Crippen molar-refractivity contribution in [3.63, 3.8) is 0 Å². The van der Waals surface area contributed by atoms with E-state index in [1.54, 1.807) is 0 Å². The van der Waals surface area contributed by atoms with Crippen LogP contribution in [-0.2, 0) is 10.0 Å². The van der Waals surface area contributed by atoms with Gasteiger partial charge >= 0.3 is 0 Å². The van der Waals surface area contributed by atoms with Crippen LogP contribution in [0, 0.1) is 0 Å². The smallest absolute Gasteiger partial charge is 0.210 e. The van der Waals surface area contributed by atoms with Gasteiger partial charge in [-0.2, -0.15) is 0 Å². The first kappa shape index (κ1) is 17.9. The molecule has 8 heteroatoms. The van der Waals surface area contributed by atoms with Crippen molar-refractivity contribution >= 4 is 40.0 Å². The van der Waals surface area contributed by atoms with E-state index in [1.807, 2.05) is 6.92 Å². The van der Waals surface area contributed by atoms with E-state index in [2.05, 4.69) is 15.6 Å². The molecule has 0 aromatic heterocycles. The third-order valence-corrected chi connectivity index (χ3v) is 3.44. The molecular weight excluding hydrogens is 367 g/mol. The Hall–Kier alpha value is -0.0900. The first-order valence-electron chi connectivity index (χ1n) is 6.06. The number of sulfonamides is 1. The van der Waals surface area contributed by atoms with Crippen LogP contribution in [0.15, 0.2) is 4.99 Å². The first-order chi connectivity index (χ1) is 8.01. The lowest BCUT2D eigenvalue weighted by atomic mass is 10.2. The fraction of sp³-hybridized carbons (Fsp3) is 0.900. The maximum Gasteiger partial charge on any atom is 0.210 e. The third kappa shape index (κ3) is 8.09. The van der Waals surface area contributed by atoms with Crippen LogP contribution in [0.1, 0.15) is 32.6 Å². The monoisotopic (exact) mass is 390 g/mol. The fourth-order valence-corrected chi connectivity index (χ4v) is 2.21. The summed E-state index contributed by atoms with van der Waals surface area (Å²) in [6.07, 6.45) is 4.79. The van der Waals surface area contributed by atoms with Gasteiger partial charge in [0.2, 0.25) is 10.0 Å². The van der Waals surface area contributed by atoms with Gasteiger partial charge in [-0.05, 0) is 19.8 Å². The normalized spacial score (nSPS) is 17.3. The van der Waals surface area contributed by atoms with Gasteiger partial charge in [0.05, 0.1) is 12.3 Å². The van der Waals surface area contributed by atoms with Gasteiger partial charge in [-0.15, -0.1) is 24.0 Å². The Labute approximate surface area is 126 Å². The van der Waals surface area contributed by atoms with E-state index in [9.17, 15) is 8.42 Å². The molecule has 0 radical (unpaired) electrons. The molecule has 0 aromatic carbocycles. The highest BCUT2D eigenvalue weighted by Gasteiger charge is 2.15. The van der Waals surface area contributed by atoms with Gasteiger partial charge in [-0.1, -0.05) is 12.8 Å². The molecule has 18 heavy (non-hydrogen) atoms. The Morgan fingerprint density at radius 3 is 2.50 bits per heavy atom. The van der Waals surface area contributed by atoms with E-state index in [0.29, 0.717) is 12.0 Å². The Bertz CT molecular complexity index is 353. The van der Waals surface area contributed by atoms with Crippen molar-refractivity contribution in [3.05, 3.63) is 0 Å². The van der Waals surface area contributed by atoms with Crippen molar-refractivity contribution in [1.82, 2.24) is 10.6 Å². The van der Waals surface area contributed by atoms with E-state index in [0.717, 1.165) is 19.4 Å². The van der Waals surface area contributed by atoms with Gasteiger partial charge in [0.15, 0.2) is 5.96 Å². The molecule has 1 saturated carbocycles. The lowest BCUT2D eigenvalue weighted by Gasteiger charge is -2.16. The molecule has 1 fully saturated rings. The van der Waals surface area contributed by atoms with Crippen molar-refractivity contribution in [2.45, 2.75) is 38.6 Å². The lowest BCUT2D eigenvalue weighted by molar-refractivity contribution is 0.597. The second-order valence-corrected chi connectivity index (χ2v) is 5.99. The van der Waals surface area contributed by atoms with Crippen molar-refractivity contribution in [3.8, 4) is 0 Å². The summed E-state index contributed by atoms with van der Waals surface area (Å²) in [7, 11) is -3.42. The number of nitrogens with two attached hydrogens (primary N) is 1. The summed E-state index contributed by atoms with van der Waals surface area (Å²) in [4.78, 5) is 4.20. The number of hydrogen-bond acceptors (Lipinski definition) is 3. The van der Waals surface area contributed by atoms with E-state index < -0.39 is 10.0 Å². The van der Waals surface area contributed by atoms with Gasteiger partial charge in [-0.3, -0.25) is 4.99 Å². The topological polar surface area (TPSA) is 96.6 Å². The number of hydrogen-bond donors (Lipinski definition) is 3. The number of primary sulfonamides is 1. The summed E-state index contributed by atoms with van der Waals surface area (Å²) < 4.78 is 21.6. The van der Waals surface area contributed by atoms with Crippen LogP contribution >= 0.6 is 24.0 Å². The summed E-state index contributed by atoms with van der Waals surface area (Å²) in [5.74, 6) is 0.567. The van der Waals surface area contributed by atoms with E-state index in [1.165, 1.54) is 12.8 Å². The van der Waals surface area contributed by atoms with Gasteiger partial charge in [0, 0.05) is 12.6 Å². The molecule has 0 heterocycles. The van der Waals surface area contributed by atoms with Crippen LogP contribution in [-0.4, -0.2) is 39.3 Å². The number of halogens is 1. The zero-order valence-corrected chi connectivity index (χ0v) is 13.8. The molecule has 0 bridgehead atoms. The minimum Gasteiger partial charge on any atom is -0.357 e. The number of rotatable bonds is 5. The maximum atomic E-state index is 10.8. The predicted octanol–water partition coefficient (Wildman–Crippen LogP) is 0.391. The van der Waals surface area contributed by atoms with E-state index in [-0.39, 0.29) is 36.3 Å². The Kier molecular flexibility index (Phi) is 8.87. The molecule has 0 aliphatic heterocycles.